The fraction of sp³-hybridized carbons (Fsp3) is 0.125. The molecular formula is C16H15N3O2. The van der Waals surface area contributed by atoms with E-state index in [1.807, 2.05) is 30.3 Å². The summed E-state index contributed by atoms with van der Waals surface area (Å²) in [6, 6.07) is 16.4. The SMILES string of the molecule is N#CCOc1cccc(NCc2cccc(C(N)=O)c2)c1. The third kappa shape index (κ3) is 4.25. The highest BCUT2D eigenvalue weighted by atomic mass is 16.5. The van der Waals surface area contributed by atoms with Crippen LogP contribution in [0.4, 0.5) is 5.69 Å². The summed E-state index contributed by atoms with van der Waals surface area (Å²) in [4.78, 5) is 11.1. The van der Waals surface area contributed by atoms with Crippen molar-refractivity contribution in [1.82, 2.24) is 0 Å². The molecule has 0 aromatic heterocycles. The maximum Gasteiger partial charge on any atom is 0.248 e. The zero-order valence-electron chi connectivity index (χ0n) is 11.4. The molecule has 0 bridgehead atoms. The van der Waals surface area contributed by atoms with Crippen molar-refractivity contribution in [3.63, 3.8) is 0 Å². The number of carbonyl (C=O) groups is 1. The van der Waals surface area contributed by atoms with Gasteiger partial charge in [-0.1, -0.05) is 18.2 Å². The molecule has 0 saturated carbocycles. The molecule has 0 aliphatic carbocycles. The first-order valence-electron chi connectivity index (χ1n) is 6.41. The van der Waals surface area contributed by atoms with E-state index < -0.39 is 5.91 Å². The average molecular weight is 281 g/mol. The number of ether oxygens (including phenoxy) is 1. The van der Waals surface area contributed by atoms with Crippen LogP contribution >= 0.6 is 0 Å². The molecule has 0 aliphatic heterocycles. The van der Waals surface area contributed by atoms with Crippen molar-refractivity contribution < 1.29 is 9.53 Å². The lowest BCUT2D eigenvalue weighted by Gasteiger charge is -2.09. The zero-order valence-corrected chi connectivity index (χ0v) is 11.4. The minimum atomic E-state index is -0.441. The number of hydrogen-bond donors (Lipinski definition) is 2. The lowest BCUT2D eigenvalue weighted by Crippen LogP contribution is -2.11. The number of primary amides is 1. The van der Waals surface area contributed by atoms with Crippen LogP contribution in [0.1, 0.15) is 15.9 Å². The summed E-state index contributed by atoms with van der Waals surface area (Å²) in [6.45, 7) is 0.576. The minimum absolute atomic E-state index is 0.0180. The van der Waals surface area contributed by atoms with Gasteiger partial charge in [0.15, 0.2) is 6.61 Å². The quantitative estimate of drug-likeness (QED) is 0.850. The molecule has 21 heavy (non-hydrogen) atoms. The van der Waals surface area contributed by atoms with Crippen LogP contribution in [0.2, 0.25) is 0 Å². The monoisotopic (exact) mass is 281 g/mol. The van der Waals surface area contributed by atoms with E-state index in [0.717, 1.165) is 11.3 Å². The van der Waals surface area contributed by atoms with Crippen molar-refractivity contribution in [2.45, 2.75) is 6.54 Å². The third-order valence-electron chi connectivity index (χ3n) is 2.85. The van der Waals surface area contributed by atoms with Gasteiger partial charge in [-0.15, -0.1) is 0 Å². The first-order chi connectivity index (χ1) is 10.2. The molecule has 3 N–H and O–H groups in total. The summed E-state index contributed by atoms with van der Waals surface area (Å²) in [6.07, 6.45) is 0. The summed E-state index contributed by atoms with van der Waals surface area (Å²) in [5.74, 6) is 0.191. The number of nitrogens with one attached hydrogen (secondary N) is 1. The van der Waals surface area contributed by atoms with Gasteiger partial charge in [-0.3, -0.25) is 4.79 Å². The van der Waals surface area contributed by atoms with Crippen LogP contribution in [0, 0.1) is 11.3 Å². The molecule has 0 unspecified atom stereocenters. The van der Waals surface area contributed by atoms with Crippen LogP contribution in [-0.4, -0.2) is 12.5 Å². The van der Waals surface area contributed by atoms with Crippen molar-refractivity contribution in [3.05, 3.63) is 59.7 Å². The molecule has 0 fully saturated rings. The highest BCUT2D eigenvalue weighted by Gasteiger charge is 2.02. The molecule has 0 atom stereocenters. The van der Waals surface area contributed by atoms with E-state index in [4.69, 9.17) is 15.7 Å². The molecule has 0 spiro atoms. The van der Waals surface area contributed by atoms with E-state index >= 15 is 0 Å². The molecule has 2 aromatic carbocycles. The first kappa shape index (κ1) is 14.4. The Morgan fingerprint density at radius 2 is 2.05 bits per heavy atom. The standard InChI is InChI=1S/C16H15N3O2/c17-7-8-21-15-6-2-5-14(10-15)19-11-12-3-1-4-13(9-12)16(18)20/h1-6,9-10,19H,8,11H2,(H2,18,20). The van der Waals surface area contributed by atoms with Gasteiger partial charge in [0.25, 0.3) is 0 Å². The van der Waals surface area contributed by atoms with Crippen LogP contribution in [0.3, 0.4) is 0 Å². The predicted molar refractivity (Wildman–Crippen MR) is 79.8 cm³/mol. The van der Waals surface area contributed by atoms with Gasteiger partial charge >= 0.3 is 0 Å². The summed E-state index contributed by atoms with van der Waals surface area (Å²) in [5, 5.41) is 11.7. The van der Waals surface area contributed by atoms with Gasteiger partial charge < -0.3 is 15.8 Å². The van der Waals surface area contributed by atoms with Gasteiger partial charge in [-0.05, 0) is 29.8 Å². The number of benzene rings is 2. The molecule has 5 heteroatoms. The Bertz CT molecular complexity index is 677. The van der Waals surface area contributed by atoms with Crippen LogP contribution in [0.25, 0.3) is 0 Å². The van der Waals surface area contributed by atoms with Crippen molar-refractivity contribution in [1.29, 1.82) is 5.26 Å². The number of rotatable bonds is 6. The van der Waals surface area contributed by atoms with Crippen LogP contribution in [-0.2, 0) is 6.54 Å². The number of nitriles is 1. The number of anilines is 1. The van der Waals surface area contributed by atoms with Gasteiger partial charge in [-0.25, -0.2) is 0 Å². The topological polar surface area (TPSA) is 88.1 Å². The molecule has 1 amide bonds. The highest BCUT2D eigenvalue weighted by molar-refractivity contribution is 5.92. The average Bonchev–Trinajstić information content (AvgIpc) is 2.51. The molecule has 0 aliphatic rings. The third-order valence-corrected chi connectivity index (χ3v) is 2.85. The number of hydrogen-bond acceptors (Lipinski definition) is 4. The maximum atomic E-state index is 11.1. The Kier molecular flexibility index (Phi) is 4.78. The van der Waals surface area contributed by atoms with E-state index in [1.54, 1.807) is 24.3 Å². The maximum absolute atomic E-state index is 11.1. The summed E-state index contributed by atoms with van der Waals surface area (Å²) in [7, 11) is 0. The predicted octanol–water partition coefficient (Wildman–Crippen LogP) is 2.30. The molecule has 0 radical (unpaired) electrons. The fourth-order valence-electron chi connectivity index (χ4n) is 1.85. The summed E-state index contributed by atoms with van der Waals surface area (Å²) in [5.41, 5.74) is 7.56. The van der Waals surface area contributed by atoms with Crippen molar-refractivity contribution in [2.75, 3.05) is 11.9 Å². The Morgan fingerprint density at radius 3 is 2.81 bits per heavy atom. The zero-order chi connectivity index (χ0) is 15.1. The van der Waals surface area contributed by atoms with Crippen LogP contribution in [0.5, 0.6) is 5.75 Å². The first-order valence-corrected chi connectivity index (χ1v) is 6.41. The van der Waals surface area contributed by atoms with Crippen LogP contribution in [0.15, 0.2) is 48.5 Å². The lowest BCUT2D eigenvalue weighted by molar-refractivity contribution is 0.1000. The summed E-state index contributed by atoms with van der Waals surface area (Å²) < 4.78 is 5.24. The Hall–Kier alpha value is -3.00. The van der Waals surface area contributed by atoms with Gasteiger partial charge in [0.1, 0.15) is 11.8 Å². The Balaban J connectivity index is 2.01. The molecular weight excluding hydrogens is 266 g/mol. The van der Waals surface area contributed by atoms with E-state index in [0.29, 0.717) is 17.9 Å². The smallest absolute Gasteiger partial charge is 0.248 e. The molecule has 5 nitrogen and oxygen atoms in total. The molecule has 0 saturated heterocycles. The van der Waals surface area contributed by atoms with Gasteiger partial charge in [0, 0.05) is 23.9 Å². The minimum Gasteiger partial charge on any atom is -0.479 e. The molecule has 106 valence electrons. The van der Waals surface area contributed by atoms with E-state index in [-0.39, 0.29) is 6.61 Å². The number of nitrogens with zero attached hydrogens (tertiary/aromatic N) is 1. The normalized spacial score (nSPS) is 9.67. The second-order valence-electron chi connectivity index (χ2n) is 4.39. The van der Waals surface area contributed by atoms with Gasteiger partial charge in [-0.2, -0.15) is 5.26 Å². The Morgan fingerprint density at radius 1 is 1.24 bits per heavy atom. The van der Waals surface area contributed by atoms with Gasteiger partial charge in [0.2, 0.25) is 5.91 Å². The number of amides is 1. The lowest BCUT2D eigenvalue weighted by atomic mass is 10.1. The number of nitrogens with two attached hydrogens (primary N) is 1. The Labute approximate surface area is 123 Å². The number of carbonyl (C=O) groups excluding carboxylic acids is 1. The second-order valence-corrected chi connectivity index (χ2v) is 4.39. The molecule has 0 heterocycles. The van der Waals surface area contributed by atoms with E-state index in [9.17, 15) is 4.79 Å². The van der Waals surface area contributed by atoms with Gasteiger partial charge in [0.05, 0.1) is 0 Å². The van der Waals surface area contributed by atoms with Crippen LogP contribution < -0.4 is 15.8 Å². The summed E-state index contributed by atoms with van der Waals surface area (Å²) >= 11 is 0. The largest absolute Gasteiger partial charge is 0.479 e. The van der Waals surface area contributed by atoms with Crippen molar-refractivity contribution in [3.8, 4) is 11.8 Å². The highest BCUT2D eigenvalue weighted by Crippen LogP contribution is 2.18. The second kappa shape index (κ2) is 6.96. The molecule has 2 rings (SSSR count). The van der Waals surface area contributed by atoms with Crippen molar-refractivity contribution >= 4 is 11.6 Å². The van der Waals surface area contributed by atoms with Crippen molar-refractivity contribution in [2.24, 2.45) is 5.73 Å². The van der Waals surface area contributed by atoms with E-state index in [1.165, 1.54) is 0 Å². The molecule has 2 aromatic rings. The fourth-order valence-corrected chi connectivity index (χ4v) is 1.85. The van der Waals surface area contributed by atoms with E-state index in [2.05, 4.69) is 5.32 Å².